The van der Waals surface area contributed by atoms with Crippen LogP contribution in [0.1, 0.15) is 20.3 Å². The van der Waals surface area contributed by atoms with Crippen LogP contribution >= 0.6 is 28.9 Å². The molecule has 4 heteroatoms. The van der Waals surface area contributed by atoms with Gasteiger partial charge in [-0.15, -0.1) is 0 Å². The first-order valence-corrected chi connectivity index (χ1v) is 5.59. The van der Waals surface area contributed by atoms with E-state index in [1.807, 2.05) is 6.92 Å². The third-order valence-corrected chi connectivity index (χ3v) is 1.97. The van der Waals surface area contributed by atoms with E-state index in [1.54, 1.807) is 0 Å². The molecule has 0 bridgehead atoms. The molecular weight excluding hydrogens is 164 g/mol. The predicted octanol–water partition coefficient (Wildman–Crippen LogP) is 3.76. The Hall–Kier alpha value is 0.680. The SMILES string of the molecule is CCC(C)N=[P+](Cl)Cl. The fourth-order valence-corrected chi connectivity index (χ4v) is 1.59. The summed E-state index contributed by atoms with van der Waals surface area (Å²) in [5, 5.41) is 0. The lowest BCUT2D eigenvalue weighted by atomic mass is 10.3. The monoisotopic (exact) mass is 172 g/mol. The highest BCUT2D eigenvalue weighted by Crippen LogP contribution is 2.37. The Morgan fingerprint density at radius 3 is 2.25 bits per heavy atom. The lowest BCUT2D eigenvalue weighted by Crippen LogP contribution is -1.89. The molecule has 0 radical (unpaired) electrons. The van der Waals surface area contributed by atoms with Gasteiger partial charge in [0.1, 0.15) is 0 Å². The molecule has 0 saturated heterocycles. The third-order valence-electron chi connectivity index (χ3n) is 0.875. The van der Waals surface area contributed by atoms with Crippen LogP contribution in [0.15, 0.2) is 4.74 Å². The highest BCUT2D eigenvalue weighted by molar-refractivity contribution is 7.96. The Bertz CT molecular complexity index is 90.0. The van der Waals surface area contributed by atoms with Gasteiger partial charge in [-0.2, -0.15) is 0 Å². The van der Waals surface area contributed by atoms with Gasteiger partial charge >= 0.3 is 6.42 Å². The molecule has 0 saturated carbocycles. The summed E-state index contributed by atoms with van der Waals surface area (Å²) in [6.45, 7) is 4.06. The van der Waals surface area contributed by atoms with Crippen LogP contribution in [0.25, 0.3) is 0 Å². The molecule has 0 aromatic heterocycles. The van der Waals surface area contributed by atoms with Gasteiger partial charge in [0.25, 0.3) is 0 Å². The minimum atomic E-state index is -1.08. The number of hydrogen-bond donors (Lipinski definition) is 0. The molecule has 0 amide bonds. The van der Waals surface area contributed by atoms with Crippen molar-refractivity contribution in [2.45, 2.75) is 26.3 Å². The fourth-order valence-electron chi connectivity index (χ4n) is 0.231. The van der Waals surface area contributed by atoms with Gasteiger partial charge in [0.15, 0.2) is 0 Å². The zero-order valence-corrected chi connectivity index (χ0v) is 7.34. The Kier molecular flexibility index (Phi) is 4.94. The van der Waals surface area contributed by atoms with Crippen molar-refractivity contribution in [3.05, 3.63) is 0 Å². The molecule has 0 N–H and O–H groups in total. The van der Waals surface area contributed by atoms with Crippen molar-refractivity contribution in [1.82, 2.24) is 0 Å². The summed E-state index contributed by atoms with van der Waals surface area (Å²) in [6, 6.07) is 0.316. The molecule has 1 atom stereocenters. The van der Waals surface area contributed by atoms with Crippen LogP contribution in [0.2, 0.25) is 0 Å². The molecule has 0 spiro atoms. The number of hydrogen-bond acceptors (Lipinski definition) is 1. The second kappa shape index (κ2) is 4.55. The number of nitrogens with zero attached hydrogens (tertiary/aromatic N) is 1. The molecule has 8 heavy (non-hydrogen) atoms. The molecular formula is C4H9Cl2NP+. The van der Waals surface area contributed by atoms with E-state index in [-0.39, 0.29) is 0 Å². The lowest BCUT2D eigenvalue weighted by Gasteiger charge is -1.89. The first-order valence-electron chi connectivity index (χ1n) is 2.49. The van der Waals surface area contributed by atoms with Crippen LogP contribution in [0.4, 0.5) is 0 Å². The maximum Gasteiger partial charge on any atom is 0.438 e. The maximum atomic E-state index is 5.41. The van der Waals surface area contributed by atoms with Gasteiger partial charge in [0.2, 0.25) is 22.5 Å². The topological polar surface area (TPSA) is 12.4 Å². The molecule has 1 unspecified atom stereocenters. The van der Waals surface area contributed by atoms with Crippen LogP contribution in [0.5, 0.6) is 0 Å². The molecule has 0 fully saturated rings. The van der Waals surface area contributed by atoms with Crippen molar-refractivity contribution in [3.63, 3.8) is 0 Å². The minimum Gasteiger partial charge on any atom is -0.0719 e. The van der Waals surface area contributed by atoms with E-state index in [2.05, 4.69) is 11.7 Å². The molecule has 0 rings (SSSR count). The molecule has 0 aliphatic heterocycles. The Labute approximate surface area is 60.4 Å². The normalized spacial score (nSPS) is 13.0. The van der Waals surface area contributed by atoms with E-state index in [9.17, 15) is 0 Å². The molecule has 0 aliphatic carbocycles. The summed E-state index contributed by atoms with van der Waals surface area (Å²) >= 11 is 10.8. The highest BCUT2D eigenvalue weighted by Gasteiger charge is 2.05. The first kappa shape index (κ1) is 8.68. The van der Waals surface area contributed by atoms with E-state index < -0.39 is 6.42 Å². The summed E-state index contributed by atoms with van der Waals surface area (Å²) in [5.74, 6) is 0. The van der Waals surface area contributed by atoms with Crippen molar-refractivity contribution in [2.24, 2.45) is 4.74 Å². The van der Waals surface area contributed by atoms with Crippen molar-refractivity contribution < 1.29 is 0 Å². The van der Waals surface area contributed by atoms with Gasteiger partial charge in [-0.3, -0.25) is 0 Å². The zero-order chi connectivity index (χ0) is 6.57. The summed E-state index contributed by atoms with van der Waals surface area (Å²) in [5.41, 5.74) is 0. The quantitative estimate of drug-likeness (QED) is 0.563. The minimum absolute atomic E-state index is 0.316. The first-order chi connectivity index (χ1) is 3.66. The number of halogens is 2. The van der Waals surface area contributed by atoms with Crippen molar-refractivity contribution in [3.8, 4) is 0 Å². The summed E-state index contributed by atoms with van der Waals surface area (Å²) < 4.78 is 3.99. The highest BCUT2D eigenvalue weighted by atomic mass is 35.9. The Balaban J connectivity index is 3.51. The van der Waals surface area contributed by atoms with E-state index in [4.69, 9.17) is 22.5 Å². The second-order valence-electron chi connectivity index (χ2n) is 1.59. The second-order valence-corrected chi connectivity index (χ2v) is 4.69. The van der Waals surface area contributed by atoms with Crippen LogP contribution in [-0.4, -0.2) is 6.04 Å². The summed E-state index contributed by atoms with van der Waals surface area (Å²) in [6.07, 6.45) is -0.0641. The van der Waals surface area contributed by atoms with E-state index in [1.165, 1.54) is 0 Å². The van der Waals surface area contributed by atoms with Crippen molar-refractivity contribution >= 4 is 28.9 Å². The van der Waals surface area contributed by atoms with Crippen LogP contribution in [0, 0.1) is 0 Å². The van der Waals surface area contributed by atoms with Crippen LogP contribution in [0.3, 0.4) is 0 Å². The van der Waals surface area contributed by atoms with E-state index in [0.717, 1.165) is 6.42 Å². The van der Waals surface area contributed by atoms with Gasteiger partial charge < -0.3 is 0 Å². The number of rotatable bonds is 2. The lowest BCUT2D eigenvalue weighted by molar-refractivity contribution is 0.727. The van der Waals surface area contributed by atoms with Crippen LogP contribution in [-0.2, 0) is 0 Å². The van der Waals surface area contributed by atoms with Gasteiger partial charge in [-0.1, -0.05) is 11.7 Å². The largest absolute Gasteiger partial charge is 0.438 e. The molecule has 0 heterocycles. The van der Waals surface area contributed by atoms with E-state index in [0.29, 0.717) is 6.04 Å². The molecule has 1 nitrogen and oxygen atoms in total. The van der Waals surface area contributed by atoms with Gasteiger partial charge in [-0.05, 0) is 13.3 Å². The maximum absolute atomic E-state index is 5.41. The van der Waals surface area contributed by atoms with E-state index >= 15 is 0 Å². The Morgan fingerprint density at radius 1 is 1.62 bits per heavy atom. The smallest absolute Gasteiger partial charge is 0.0719 e. The predicted molar refractivity (Wildman–Crippen MR) is 40.8 cm³/mol. The van der Waals surface area contributed by atoms with Crippen molar-refractivity contribution in [2.75, 3.05) is 0 Å². The van der Waals surface area contributed by atoms with Gasteiger partial charge in [-0.25, -0.2) is 0 Å². The summed E-state index contributed by atoms with van der Waals surface area (Å²) in [4.78, 5) is 0. The van der Waals surface area contributed by atoms with Crippen LogP contribution < -0.4 is 0 Å². The molecule has 48 valence electrons. The third kappa shape index (κ3) is 4.83. The molecule has 0 aromatic rings. The summed E-state index contributed by atoms with van der Waals surface area (Å²) in [7, 11) is 0. The zero-order valence-electron chi connectivity index (χ0n) is 4.93. The van der Waals surface area contributed by atoms with Gasteiger partial charge in [0, 0.05) is 0 Å². The Morgan fingerprint density at radius 2 is 2.12 bits per heavy atom. The average Bonchev–Trinajstić information content (AvgIpc) is 1.65. The standard InChI is InChI=1S/C4H9Cl2NP/c1-3-4(2)7-8(5)6/h4H,3H2,1-2H3/q+1. The van der Waals surface area contributed by atoms with Gasteiger partial charge in [0.05, 0.1) is 6.04 Å². The fraction of sp³-hybridized carbons (Fsp3) is 1.00. The average molecular weight is 173 g/mol. The molecule has 0 aliphatic rings. The van der Waals surface area contributed by atoms with Crippen molar-refractivity contribution in [1.29, 1.82) is 0 Å². The molecule has 0 aromatic carbocycles.